The first-order valence-corrected chi connectivity index (χ1v) is 8.84. The van der Waals surface area contributed by atoms with Gasteiger partial charge in [0.2, 0.25) is 10.0 Å². The summed E-state index contributed by atoms with van der Waals surface area (Å²) in [5, 5.41) is 3.20. The van der Waals surface area contributed by atoms with Crippen LogP contribution in [-0.2, 0) is 10.0 Å². The lowest BCUT2D eigenvalue weighted by Gasteiger charge is -2.30. The van der Waals surface area contributed by atoms with Crippen molar-refractivity contribution in [3.63, 3.8) is 0 Å². The molecule has 0 aromatic heterocycles. The molecule has 0 bridgehead atoms. The summed E-state index contributed by atoms with van der Waals surface area (Å²) in [7, 11) is -0.253. The van der Waals surface area contributed by atoms with Gasteiger partial charge in [0.25, 0.3) is 5.91 Å². The number of hydrogen-bond donors (Lipinski definition) is 2. The molecular weight excluding hydrogens is 338 g/mol. The van der Waals surface area contributed by atoms with Gasteiger partial charge in [-0.15, -0.1) is 12.4 Å². The summed E-state index contributed by atoms with van der Waals surface area (Å²) in [6, 6.07) is 5.92. The summed E-state index contributed by atoms with van der Waals surface area (Å²) in [4.78, 5) is 13.5. The fraction of sp³-hybridized carbons (Fsp3) is 0.533. The second kappa shape index (κ2) is 8.10. The number of benzene rings is 1. The van der Waals surface area contributed by atoms with Crippen molar-refractivity contribution < 1.29 is 13.2 Å². The van der Waals surface area contributed by atoms with Crippen molar-refractivity contribution in [2.24, 2.45) is 5.92 Å². The molecule has 130 valence electrons. The minimum Gasteiger partial charge on any atom is -0.345 e. The van der Waals surface area contributed by atoms with Gasteiger partial charge in [0, 0.05) is 32.2 Å². The molecule has 1 aliphatic heterocycles. The quantitative estimate of drug-likeness (QED) is 0.841. The number of halogens is 1. The summed E-state index contributed by atoms with van der Waals surface area (Å²) >= 11 is 0. The molecule has 1 heterocycles. The maximum atomic E-state index is 12.4. The van der Waals surface area contributed by atoms with Crippen molar-refractivity contribution in [3.8, 4) is 0 Å². The third-order valence-corrected chi connectivity index (χ3v) is 5.46. The Morgan fingerprint density at radius 2 is 1.87 bits per heavy atom. The average Bonchev–Trinajstić information content (AvgIpc) is 2.49. The Kier molecular flexibility index (Phi) is 7.01. The van der Waals surface area contributed by atoms with Crippen LogP contribution >= 0.6 is 12.4 Å². The normalized spacial score (nSPS) is 21.3. The lowest BCUT2D eigenvalue weighted by molar-refractivity contribution is 0.0827. The van der Waals surface area contributed by atoms with Crippen LogP contribution < -0.4 is 10.0 Å². The van der Waals surface area contributed by atoms with Gasteiger partial charge in [0.15, 0.2) is 0 Å². The molecule has 6 nitrogen and oxygen atoms in total. The van der Waals surface area contributed by atoms with E-state index >= 15 is 0 Å². The monoisotopic (exact) mass is 361 g/mol. The van der Waals surface area contributed by atoms with Gasteiger partial charge in [-0.3, -0.25) is 4.79 Å². The van der Waals surface area contributed by atoms with Crippen LogP contribution in [0.25, 0.3) is 0 Å². The molecule has 8 heteroatoms. The Hall–Kier alpha value is -1.15. The van der Waals surface area contributed by atoms with Crippen LogP contribution in [0.15, 0.2) is 29.2 Å². The van der Waals surface area contributed by atoms with Gasteiger partial charge >= 0.3 is 0 Å². The predicted octanol–water partition coefficient (Wildman–Crippen LogP) is 1.09. The first kappa shape index (κ1) is 19.9. The molecule has 1 saturated heterocycles. The van der Waals surface area contributed by atoms with Gasteiger partial charge in [0.1, 0.15) is 0 Å². The van der Waals surface area contributed by atoms with E-state index in [2.05, 4.69) is 10.0 Å². The molecule has 1 fully saturated rings. The molecule has 0 saturated carbocycles. The first-order chi connectivity index (χ1) is 10.3. The van der Waals surface area contributed by atoms with Gasteiger partial charge in [0.05, 0.1) is 4.90 Å². The Bertz CT molecular complexity index is 632. The maximum Gasteiger partial charge on any atom is 0.253 e. The molecule has 0 aliphatic carbocycles. The molecule has 2 atom stereocenters. The standard InChI is InChI=1S/C15H23N3O3S.ClH/c1-11-8-9-16-10-14(11)17-22(20,21)13-6-4-12(5-7-13)15(19)18(2)3;/h4-7,11,14,16-17H,8-10H2,1-3H3;1H. The lowest BCUT2D eigenvalue weighted by atomic mass is 9.96. The van der Waals surface area contributed by atoms with Crippen LogP contribution in [-0.4, -0.2) is 52.5 Å². The minimum absolute atomic E-state index is 0. The van der Waals surface area contributed by atoms with Gasteiger partial charge < -0.3 is 10.2 Å². The summed E-state index contributed by atoms with van der Waals surface area (Å²) in [5.41, 5.74) is 0.469. The van der Waals surface area contributed by atoms with Crippen LogP contribution in [0, 0.1) is 5.92 Å². The minimum atomic E-state index is -3.57. The van der Waals surface area contributed by atoms with E-state index in [-0.39, 0.29) is 29.3 Å². The number of rotatable bonds is 4. The number of nitrogens with one attached hydrogen (secondary N) is 2. The van der Waals surface area contributed by atoms with Crippen LogP contribution in [0.3, 0.4) is 0 Å². The number of sulfonamides is 1. The van der Waals surface area contributed by atoms with Gasteiger partial charge in [-0.2, -0.15) is 0 Å². The zero-order valence-electron chi connectivity index (χ0n) is 13.6. The van der Waals surface area contributed by atoms with Crippen molar-refractivity contribution in [3.05, 3.63) is 29.8 Å². The van der Waals surface area contributed by atoms with Crippen molar-refractivity contribution in [1.29, 1.82) is 0 Å². The van der Waals surface area contributed by atoms with E-state index in [9.17, 15) is 13.2 Å². The van der Waals surface area contributed by atoms with E-state index < -0.39 is 10.0 Å². The molecule has 1 aliphatic rings. The molecule has 2 N–H and O–H groups in total. The number of nitrogens with zero attached hydrogens (tertiary/aromatic N) is 1. The SMILES string of the molecule is CC1CCNCC1NS(=O)(=O)c1ccc(C(=O)N(C)C)cc1.Cl. The van der Waals surface area contributed by atoms with Crippen LogP contribution in [0.5, 0.6) is 0 Å². The van der Waals surface area contributed by atoms with Crippen LogP contribution in [0.4, 0.5) is 0 Å². The molecule has 1 aromatic carbocycles. The summed E-state index contributed by atoms with van der Waals surface area (Å²) in [5.74, 6) is 0.146. The second-order valence-electron chi connectivity index (χ2n) is 5.92. The van der Waals surface area contributed by atoms with Crippen molar-refractivity contribution in [2.45, 2.75) is 24.3 Å². The van der Waals surface area contributed by atoms with Gasteiger partial charge in [-0.1, -0.05) is 6.92 Å². The molecule has 1 amide bonds. The van der Waals surface area contributed by atoms with Crippen molar-refractivity contribution in [1.82, 2.24) is 14.9 Å². The van der Waals surface area contributed by atoms with Crippen molar-refractivity contribution in [2.75, 3.05) is 27.2 Å². The van der Waals surface area contributed by atoms with Gasteiger partial charge in [-0.25, -0.2) is 13.1 Å². The Morgan fingerprint density at radius 3 is 2.39 bits per heavy atom. The Balaban J connectivity index is 0.00000264. The molecule has 2 unspecified atom stereocenters. The molecule has 1 aromatic rings. The number of hydrogen-bond acceptors (Lipinski definition) is 4. The van der Waals surface area contributed by atoms with E-state index in [1.807, 2.05) is 6.92 Å². The Morgan fingerprint density at radius 1 is 1.26 bits per heavy atom. The molecule has 23 heavy (non-hydrogen) atoms. The van der Waals surface area contributed by atoms with E-state index in [1.54, 1.807) is 26.2 Å². The van der Waals surface area contributed by atoms with E-state index in [0.29, 0.717) is 18.0 Å². The van der Waals surface area contributed by atoms with E-state index in [4.69, 9.17) is 0 Å². The van der Waals surface area contributed by atoms with E-state index in [1.165, 1.54) is 17.0 Å². The molecule has 0 radical (unpaired) electrons. The Labute approximate surface area is 144 Å². The summed E-state index contributed by atoms with van der Waals surface area (Å²) < 4.78 is 27.6. The van der Waals surface area contributed by atoms with Crippen molar-refractivity contribution >= 4 is 28.3 Å². The average molecular weight is 362 g/mol. The molecular formula is C15H24ClN3O3S. The zero-order valence-corrected chi connectivity index (χ0v) is 15.2. The zero-order chi connectivity index (χ0) is 16.3. The topological polar surface area (TPSA) is 78.5 Å². The fourth-order valence-corrected chi connectivity index (χ4v) is 3.79. The highest BCUT2D eigenvalue weighted by atomic mass is 35.5. The third kappa shape index (κ3) is 4.91. The smallest absolute Gasteiger partial charge is 0.253 e. The maximum absolute atomic E-state index is 12.4. The fourth-order valence-electron chi connectivity index (χ4n) is 2.45. The highest BCUT2D eigenvalue weighted by Crippen LogP contribution is 2.16. The van der Waals surface area contributed by atoms with Gasteiger partial charge in [-0.05, 0) is 43.1 Å². The summed E-state index contributed by atoms with van der Waals surface area (Å²) in [6.45, 7) is 3.60. The predicted molar refractivity (Wildman–Crippen MR) is 92.5 cm³/mol. The molecule has 2 rings (SSSR count). The van der Waals surface area contributed by atoms with E-state index in [0.717, 1.165) is 13.0 Å². The lowest BCUT2D eigenvalue weighted by Crippen LogP contribution is -2.50. The largest absolute Gasteiger partial charge is 0.345 e. The number of carbonyl (C=O) groups excluding carboxylic acids is 1. The number of piperidine rings is 1. The molecule has 0 spiro atoms. The number of amides is 1. The highest BCUT2D eigenvalue weighted by molar-refractivity contribution is 7.89. The van der Waals surface area contributed by atoms with Crippen LogP contribution in [0.1, 0.15) is 23.7 Å². The number of carbonyl (C=O) groups is 1. The third-order valence-electron chi connectivity index (χ3n) is 3.95. The second-order valence-corrected chi connectivity index (χ2v) is 7.64. The highest BCUT2D eigenvalue weighted by Gasteiger charge is 2.26. The van der Waals surface area contributed by atoms with Crippen LogP contribution in [0.2, 0.25) is 0 Å². The summed E-state index contributed by atoms with van der Waals surface area (Å²) in [6.07, 6.45) is 0.948. The first-order valence-electron chi connectivity index (χ1n) is 7.36.